The molecule has 1 aliphatic rings. The van der Waals surface area contributed by atoms with E-state index in [1.807, 2.05) is 0 Å². The van der Waals surface area contributed by atoms with Crippen LogP contribution in [0.2, 0.25) is 0 Å². The lowest BCUT2D eigenvalue weighted by molar-refractivity contribution is 0.0169. The van der Waals surface area contributed by atoms with Gasteiger partial charge >= 0.3 is 0 Å². The quantitative estimate of drug-likeness (QED) is 0.697. The molecule has 0 bridgehead atoms. The van der Waals surface area contributed by atoms with Gasteiger partial charge in [0.05, 0.1) is 5.60 Å². The molecule has 2 aromatic carbocycles. The summed E-state index contributed by atoms with van der Waals surface area (Å²) in [5.74, 6) is 0. The lowest BCUT2D eigenvalue weighted by atomic mass is 9.91. The van der Waals surface area contributed by atoms with E-state index in [2.05, 4.69) is 49.4 Å². The molecular weight excluding hydrogens is 196 g/mol. The topological polar surface area (TPSA) is 9.23 Å². The maximum Gasteiger partial charge on any atom is 0.0904 e. The van der Waals surface area contributed by atoms with Crippen molar-refractivity contribution in [1.29, 1.82) is 0 Å². The van der Waals surface area contributed by atoms with E-state index in [1.54, 1.807) is 0 Å². The number of hydrogen-bond acceptors (Lipinski definition) is 1. The van der Waals surface area contributed by atoms with Gasteiger partial charge in [-0.05, 0) is 42.2 Å². The monoisotopic (exact) mass is 212 g/mol. The third kappa shape index (κ3) is 1.52. The first kappa shape index (κ1) is 9.86. The van der Waals surface area contributed by atoms with Crippen LogP contribution in [0.15, 0.2) is 42.5 Å². The molecule has 0 amide bonds. The van der Waals surface area contributed by atoms with Gasteiger partial charge < -0.3 is 4.74 Å². The van der Waals surface area contributed by atoms with Crippen molar-refractivity contribution in [1.82, 2.24) is 0 Å². The molecular formula is C15H16O. The van der Waals surface area contributed by atoms with Crippen LogP contribution in [-0.2, 0) is 10.3 Å². The molecule has 1 fully saturated rings. The Morgan fingerprint density at radius 2 is 1.88 bits per heavy atom. The van der Waals surface area contributed by atoms with Crippen molar-refractivity contribution < 1.29 is 4.74 Å². The van der Waals surface area contributed by atoms with E-state index >= 15 is 0 Å². The summed E-state index contributed by atoms with van der Waals surface area (Å²) >= 11 is 0. The Kier molecular flexibility index (Phi) is 2.22. The molecule has 0 aromatic heterocycles. The van der Waals surface area contributed by atoms with Gasteiger partial charge in [0.25, 0.3) is 0 Å². The van der Waals surface area contributed by atoms with Crippen LogP contribution in [0, 0.1) is 0 Å². The summed E-state index contributed by atoms with van der Waals surface area (Å²) < 4.78 is 5.88. The van der Waals surface area contributed by atoms with Gasteiger partial charge in [0, 0.05) is 6.61 Å². The predicted octanol–water partition coefficient (Wildman–Crippen LogP) is 3.87. The summed E-state index contributed by atoms with van der Waals surface area (Å²) in [6.07, 6.45) is 2.30. The minimum atomic E-state index is -0.0654. The van der Waals surface area contributed by atoms with Gasteiger partial charge in [-0.25, -0.2) is 0 Å². The van der Waals surface area contributed by atoms with Crippen LogP contribution in [0.1, 0.15) is 25.3 Å². The molecule has 1 heteroatoms. The van der Waals surface area contributed by atoms with Gasteiger partial charge in [0.1, 0.15) is 0 Å². The first-order valence-electron chi connectivity index (χ1n) is 5.91. The Morgan fingerprint density at radius 1 is 1.06 bits per heavy atom. The summed E-state index contributed by atoms with van der Waals surface area (Å²) in [5.41, 5.74) is 1.24. The molecule has 1 nitrogen and oxygen atoms in total. The van der Waals surface area contributed by atoms with Crippen LogP contribution < -0.4 is 0 Å². The van der Waals surface area contributed by atoms with E-state index in [9.17, 15) is 0 Å². The summed E-state index contributed by atoms with van der Waals surface area (Å²) in [6, 6.07) is 15.1. The van der Waals surface area contributed by atoms with Crippen molar-refractivity contribution >= 4 is 10.8 Å². The third-order valence-electron chi connectivity index (χ3n) is 3.58. The van der Waals surface area contributed by atoms with Crippen molar-refractivity contribution in [2.45, 2.75) is 25.4 Å². The van der Waals surface area contributed by atoms with Crippen molar-refractivity contribution in [2.75, 3.05) is 6.61 Å². The summed E-state index contributed by atoms with van der Waals surface area (Å²) in [4.78, 5) is 0. The van der Waals surface area contributed by atoms with Gasteiger partial charge in [0.15, 0.2) is 0 Å². The number of fused-ring (bicyclic) bond motifs is 1. The van der Waals surface area contributed by atoms with Crippen LogP contribution in [0.5, 0.6) is 0 Å². The molecule has 1 heterocycles. The molecule has 2 aromatic rings. The van der Waals surface area contributed by atoms with Crippen LogP contribution in [0.3, 0.4) is 0 Å². The second-order valence-electron chi connectivity index (χ2n) is 4.74. The van der Waals surface area contributed by atoms with E-state index in [-0.39, 0.29) is 5.60 Å². The Balaban J connectivity index is 2.11. The van der Waals surface area contributed by atoms with Crippen molar-refractivity contribution in [3.05, 3.63) is 48.0 Å². The lowest BCUT2D eigenvalue weighted by Gasteiger charge is -2.24. The Labute approximate surface area is 96.0 Å². The molecule has 1 saturated heterocycles. The third-order valence-corrected chi connectivity index (χ3v) is 3.58. The number of rotatable bonds is 1. The van der Waals surface area contributed by atoms with Crippen molar-refractivity contribution in [3.63, 3.8) is 0 Å². The van der Waals surface area contributed by atoms with Crippen molar-refractivity contribution in [2.24, 2.45) is 0 Å². The molecule has 0 saturated carbocycles. The van der Waals surface area contributed by atoms with Gasteiger partial charge in [-0.2, -0.15) is 0 Å². The zero-order chi connectivity index (χ0) is 11.0. The van der Waals surface area contributed by atoms with Gasteiger partial charge in [0.2, 0.25) is 0 Å². The van der Waals surface area contributed by atoms with E-state index in [1.165, 1.54) is 22.8 Å². The fourth-order valence-electron chi connectivity index (χ4n) is 2.53. The normalized spacial score (nSPS) is 25.1. The van der Waals surface area contributed by atoms with Gasteiger partial charge in [-0.1, -0.05) is 36.4 Å². The second kappa shape index (κ2) is 3.60. The van der Waals surface area contributed by atoms with Gasteiger partial charge in [-0.3, -0.25) is 0 Å². The Bertz CT molecular complexity index is 510. The summed E-state index contributed by atoms with van der Waals surface area (Å²) in [7, 11) is 0. The molecule has 1 unspecified atom stereocenters. The lowest BCUT2D eigenvalue weighted by Crippen LogP contribution is -2.19. The molecule has 0 spiro atoms. The van der Waals surface area contributed by atoms with E-state index in [0.717, 1.165) is 13.0 Å². The van der Waals surface area contributed by atoms with Crippen LogP contribution in [0.4, 0.5) is 0 Å². The average molecular weight is 212 g/mol. The molecule has 1 aliphatic heterocycles. The standard InChI is InChI=1S/C15H16O/c1-15(9-4-10-16-15)14-8-7-12-5-2-3-6-13(12)11-14/h2-3,5-8,11H,4,9-10H2,1H3. The van der Waals surface area contributed by atoms with E-state index < -0.39 is 0 Å². The maximum absolute atomic E-state index is 5.88. The highest BCUT2D eigenvalue weighted by atomic mass is 16.5. The number of ether oxygens (including phenoxy) is 1. The van der Waals surface area contributed by atoms with Crippen LogP contribution in [-0.4, -0.2) is 6.61 Å². The summed E-state index contributed by atoms with van der Waals surface area (Å²) in [5, 5.41) is 2.60. The first-order valence-corrected chi connectivity index (χ1v) is 5.91. The number of benzene rings is 2. The number of hydrogen-bond donors (Lipinski definition) is 0. The zero-order valence-electron chi connectivity index (χ0n) is 9.57. The fraction of sp³-hybridized carbons (Fsp3) is 0.333. The molecule has 0 N–H and O–H groups in total. The van der Waals surface area contributed by atoms with Gasteiger partial charge in [-0.15, -0.1) is 0 Å². The molecule has 82 valence electrons. The molecule has 1 atom stereocenters. The highest BCUT2D eigenvalue weighted by Crippen LogP contribution is 2.36. The average Bonchev–Trinajstić information content (AvgIpc) is 2.77. The van der Waals surface area contributed by atoms with E-state index in [0.29, 0.717) is 0 Å². The minimum Gasteiger partial charge on any atom is -0.371 e. The molecule has 0 aliphatic carbocycles. The van der Waals surface area contributed by atoms with E-state index in [4.69, 9.17) is 4.74 Å². The Hall–Kier alpha value is -1.34. The van der Waals surface area contributed by atoms with Crippen LogP contribution in [0.25, 0.3) is 10.8 Å². The highest BCUT2D eigenvalue weighted by Gasteiger charge is 2.31. The zero-order valence-corrected chi connectivity index (χ0v) is 9.57. The molecule has 3 rings (SSSR count). The molecule has 16 heavy (non-hydrogen) atoms. The maximum atomic E-state index is 5.88. The predicted molar refractivity (Wildman–Crippen MR) is 66.5 cm³/mol. The smallest absolute Gasteiger partial charge is 0.0904 e. The van der Waals surface area contributed by atoms with Crippen molar-refractivity contribution in [3.8, 4) is 0 Å². The largest absolute Gasteiger partial charge is 0.371 e. The summed E-state index contributed by atoms with van der Waals surface area (Å²) in [6.45, 7) is 3.09. The molecule has 0 radical (unpaired) electrons. The minimum absolute atomic E-state index is 0.0654. The highest BCUT2D eigenvalue weighted by molar-refractivity contribution is 5.83. The Morgan fingerprint density at radius 3 is 2.62 bits per heavy atom. The van der Waals surface area contributed by atoms with Crippen LogP contribution >= 0.6 is 0 Å². The second-order valence-corrected chi connectivity index (χ2v) is 4.74. The fourth-order valence-corrected chi connectivity index (χ4v) is 2.53. The SMILES string of the molecule is CC1(c2ccc3ccccc3c2)CCCO1. The first-order chi connectivity index (χ1) is 7.78.